The minimum absolute atomic E-state index is 0.0537. The van der Waals surface area contributed by atoms with Crippen LogP contribution in [0.1, 0.15) is 0 Å². The van der Waals surface area contributed by atoms with Gasteiger partial charge in [0.1, 0.15) is 12.4 Å². The average Bonchev–Trinajstić information content (AvgIpc) is 2.39. The smallest absolute Gasteiger partial charge is 0.261 e. The molecule has 0 atom stereocenters. The van der Waals surface area contributed by atoms with Gasteiger partial charge in [0.2, 0.25) is 0 Å². The highest BCUT2D eigenvalue weighted by Crippen LogP contribution is 2.20. The molecule has 0 saturated carbocycles. The van der Waals surface area contributed by atoms with E-state index in [-0.39, 0.29) is 4.90 Å². The van der Waals surface area contributed by atoms with E-state index in [1.807, 2.05) is 0 Å². The molecule has 0 radical (unpaired) electrons. The maximum atomic E-state index is 11.2. The second-order valence-electron chi connectivity index (χ2n) is 4.22. The number of ether oxygens (including phenoxy) is 2. The normalized spacial score (nSPS) is 17.3. The number of morpholine rings is 1. The maximum absolute atomic E-state index is 11.2. The lowest BCUT2D eigenvalue weighted by Crippen LogP contribution is -2.38. The zero-order valence-electron chi connectivity index (χ0n) is 10.4. The van der Waals surface area contributed by atoms with E-state index in [2.05, 4.69) is 4.90 Å². The maximum Gasteiger partial charge on any atom is 0.261 e. The summed E-state index contributed by atoms with van der Waals surface area (Å²) in [4.78, 5) is 2.30. The third-order valence-corrected chi connectivity index (χ3v) is 4.22. The van der Waals surface area contributed by atoms with E-state index in [0.29, 0.717) is 12.4 Å². The molecule has 0 bridgehead atoms. The fourth-order valence-corrected chi connectivity index (χ4v) is 2.62. The Morgan fingerprint density at radius 2 is 2.05 bits per heavy atom. The molecule has 106 valence electrons. The minimum atomic E-state index is -3.71. The fourth-order valence-electron chi connectivity index (χ4n) is 1.83. The van der Waals surface area contributed by atoms with Gasteiger partial charge in [0.25, 0.3) is 9.05 Å². The van der Waals surface area contributed by atoms with Crippen LogP contribution in [0.3, 0.4) is 0 Å². The van der Waals surface area contributed by atoms with Crippen molar-refractivity contribution in [3.8, 4) is 5.75 Å². The molecule has 0 unspecified atom stereocenters. The summed E-state index contributed by atoms with van der Waals surface area (Å²) in [5.74, 6) is 0.509. The first-order valence-corrected chi connectivity index (χ1v) is 8.34. The van der Waals surface area contributed by atoms with Crippen LogP contribution in [-0.2, 0) is 13.8 Å². The predicted molar refractivity (Wildman–Crippen MR) is 72.2 cm³/mol. The van der Waals surface area contributed by atoms with Crippen molar-refractivity contribution in [3.05, 3.63) is 24.3 Å². The fraction of sp³-hybridized carbons (Fsp3) is 0.500. The Morgan fingerprint density at radius 1 is 1.32 bits per heavy atom. The molecule has 5 nitrogen and oxygen atoms in total. The summed E-state index contributed by atoms with van der Waals surface area (Å²) in [6, 6.07) is 6.20. The van der Waals surface area contributed by atoms with Crippen molar-refractivity contribution in [2.75, 3.05) is 39.5 Å². The predicted octanol–water partition coefficient (Wildman–Crippen LogP) is 1.33. The number of halogens is 1. The van der Waals surface area contributed by atoms with Crippen LogP contribution in [0.15, 0.2) is 29.2 Å². The van der Waals surface area contributed by atoms with Crippen molar-refractivity contribution in [2.45, 2.75) is 4.90 Å². The Hall–Kier alpha value is -0.820. The lowest BCUT2D eigenvalue weighted by Gasteiger charge is -2.26. The molecule has 0 aromatic heterocycles. The van der Waals surface area contributed by atoms with Crippen LogP contribution in [0, 0.1) is 0 Å². The van der Waals surface area contributed by atoms with Crippen LogP contribution >= 0.6 is 10.7 Å². The monoisotopic (exact) mass is 305 g/mol. The van der Waals surface area contributed by atoms with Gasteiger partial charge in [-0.3, -0.25) is 4.90 Å². The van der Waals surface area contributed by atoms with Gasteiger partial charge in [-0.05, 0) is 12.1 Å². The van der Waals surface area contributed by atoms with Gasteiger partial charge in [-0.2, -0.15) is 0 Å². The Bertz CT molecular complexity index is 514. The molecule has 1 aromatic rings. The summed E-state index contributed by atoms with van der Waals surface area (Å²) in [6.45, 7) is 4.60. The molecule has 19 heavy (non-hydrogen) atoms. The molecule has 1 aliphatic heterocycles. The van der Waals surface area contributed by atoms with Crippen molar-refractivity contribution in [1.82, 2.24) is 4.90 Å². The summed E-state index contributed by atoms with van der Waals surface area (Å²) in [7, 11) is 1.58. The van der Waals surface area contributed by atoms with E-state index in [9.17, 15) is 8.42 Å². The standard InChI is InChI=1S/C12H16ClNO4S/c13-19(15,16)12-3-1-2-11(10-12)18-9-6-14-4-7-17-8-5-14/h1-3,10H,4-9H2. The third-order valence-electron chi connectivity index (χ3n) is 2.87. The first-order chi connectivity index (χ1) is 9.05. The van der Waals surface area contributed by atoms with E-state index in [1.165, 1.54) is 12.1 Å². The van der Waals surface area contributed by atoms with Gasteiger partial charge in [-0.25, -0.2) is 8.42 Å². The van der Waals surface area contributed by atoms with Crippen molar-refractivity contribution in [3.63, 3.8) is 0 Å². The van der Waals surface area contributed by atoms with Gasteiger partial charge in [0.05, 0.1) is 18.1 Å². The van der Waals surface area contributed by atoms with Crippen LogP contribution in [0.2, 0.25) is 0 Å². The second kappa shape index (κ2) is 6.56. The summed E-state index contributed by atoms with van der Waals surface area (Å²) in [6.07, 6.45) is 0. The number of nitrogens with zero attached hydrogens (tertiary/aromatic N) is 1. The van der Waals surface area contributed by atoms with Crippen molar-refractivity contribution >= 4 is 19.7 Å². The lowest BCUT2D eigenvalue weighted by atomic mass is 10.3. The van der Waals surface area contributed by atoms with Gasteiger partial charge < -0.3 is 9.47 Å². The minimum Gasteiger partial charge on any atom is -0.492 e. The molecule has 1 saturated heterocycles. The van der Waals surface area contributed by atoms with Gasteiger partial charge in [-0.15, -0.1) is 0 Å². The zero-order valence-corrected chi connectivity index (χ0v) is 12.0. The quantitative estimate of drug-likeness (QED) is 0.768. The molecule has 0 spiro atoms. The van der Waals surface area contributed by atoms with E-state index < -0.39 is 9.05 Å². The van der Waals surface area contributed by atoms with Gasteiger partial charge in [0.15, 0.2) is 0 Å². The molecular weight excluding hydrogens is 290 g/mol. The van der Waals surface area contributed by atoms with E-state index >= 15 is 0 Å². The zero-order chi connectivity index (χ0) is 13.7. The first-order valence-electron chi connectivity index (χ1n) is 6.03. The number of hydrogen-bond acceptors (Lipinski definition) is 5. The number of benzene rings is 1. The first kappa shape index (κ1) is 14.6. The lowest BCUT2D eigenvalue weighted by molar-refractivity contribution is 0.0322. The Balaban J connectivity index is 1.85. The number of hydrogen-bond donors (Lipinski definition) is 0. The van der Waals surface area contributed by atoms with E-state index in [1.54, 1.807) is 12.1 Å². The highest BCUT2D eigenvalue weighted by molar-refractivity contribution is 8.13. The van der Waals surface area contributed by atoms with Crippen LogP contribution in [-0.4, -0.2) is 52.8 Å². The number of rotatable bonds is 5. The summed E-state index contributed by atoms with van der Waals surface area (Å²) in [5.41, 5.74) is 0. The summed E-state index contributed by atoms with van der Waals surface area (Å²) in [5, 5.41) is 0. The molecule has 0 amide bonds. The van der Waals surface area contributed by atoms with Crippen LogP contribution in [0.4, 0.5) is 0 Å². The highest BCUT2D eigenvalue weighted by Gasteiger charge is 2.12. The van der Waals surface area contributed by atoms with Gasteiger partial charge in [-0.1, -0.05) is 6.07 Å². The van der Waals surface area contributed by atoms with Crippen LogP contribution in [0.25, 0.3) is 0 Å². The molecule has 7 heteroatoms. The van der Waals surface area contributed by atoms with E-state index in [4.69, 9.17) is 20.2 Å². The molecule has 0 aliphatic carbocycles. The van der Waals surface area contributed by atoms with Crippen LogP contribution in [0.5, 0.6) is 5.75 Å². The molecule has 2 rings (SSSR count). The third kappa shape index (κ3) is 4.65. The SMILES string of the molecule is O=S(=O)(Cl)c1cccc(OCCN2CCOCC2)c1. The van der Waals surface area contributed by atoms with Crippen molar-refractivity contribution < 1.29 is 17.9 Å². The van der Waals surface area contributed by atoms with E-state index in [0.717, 1.165) is 32.8 Å². The topological polar surface area (TPSA) is 55.8 Å². The molecule has 1 aliphatic rings. The Labute approximate surface area is 117 Å². The molecule has 0 N–H and O–H groups in total. The Kier molecular flexibility index (Phi) is 5.04. The van der Waals surface area contributed by atoms with Crippen LogP contribution < -0.4 is 4.74 Å². The molecule has 1 heterocycles. The highest BCUT2D eigenvalue weighted by atomic mass is 35.7. The van der Waals surface area contributed by atoms with Gasteiger partial charge in [0, 0.05) is 36.4 Å². The summed E-state index contributed by atoms with van der Waals surface area (Å²) < 4.78 is 33.2. The average molecular weight is 306 g/mol. The van der Waals surface area contributed by atoms with Crippen molar-refractivity contribution in [1.29, 1.82) is 0 Å². The molecular formula is C12H16ClNO4S. The largest absolute Gasteiger partial charge is 0.492 e. The molecule has 1 aromatic carbocycles. The molecule has 1 fully saturated rings. The summed E-state index contributed by atoms with van der Waals surface area (Å²) >= 11 is 0. The van der Waals surface area contributed by atoms with Gasteiger partial charge >= 0.3 is 0 Å². The second-order valence-corrected chi connectivity index (χ2v) is 6.78. The Morgan fingerprint density at radius 3 is 2.74 bits per heavy atom. The van der Waals surface area contributed by atoms with Crippen molar-refractivity contribution in [2.24, 2.45) is 0 Å².